The highest BCUT2D eigenvalue weighted by Gasteiger charge is 2.35. The van der Waals surface area contributed by atoms with Crippen molar-refractivity contribution in [3.05, 3.63) is 35.9 Å². The average molecular weight is 321 g/mol. The molecular formula is C14H15N3O6. The van der Waals surface area contributed by atoms with E-state index in [4.69, 9.17) is 10.6 Å². The van der Waals surface area contributed by atoms with Gasteiger partial charge in [-0.2, -0.15) is 0 Å². The number of imide groups is 1. The van der Waals surface area contributed by atoms with Crippen LogP contribution in [0.2, 0.25) is 0 Å². The van der Waals surface area contributed by atoms with E-state index in [0.717, 1.165) is 0 Å². The Balaban J connectivity index is 2.02. The zero-order valence-electron chi connectivity index (χ0n) is 12.1. The summed E-state index contributed by atoms with van der Waals surface area (Å²) in [6.45, 7) is -0.174. The standard InChI is InChI=1S/C14H15N3O6/c15-8-9-16(22-13(20)10-4-2-1-3-5-10)14(21)23-17-11(18)6-7-12(17)19/h1-5H,6-9,15H2. The number of carbonyl (C=O) groups is 4. The lowest BCUT2D eigenvalue weighted by molar-refractivity contribution is -0.183. The first kappa shape index (κ1) is 16.4. The van der Waals surface area contributed by atoms with Crippen molar-refractivity contribution < 1.29 is 28.9 Å². The molecule has 9 nitrogen and oxygen atoms in total. The molecule has 0 spiro atoms. The normalized spacial score (nSPS) is 13.9. The lowest BCUT2D eigenvalue weighted by Gasteiger charge is -2.21. The smallest absolute Gasteiger partial charge is 0.330 e. The fourth-order valence-corrected chi connectivity index (χ4v) is 1.80. The molecular weight excluding hydrogens is 306 g/mol. The highest BCUT2D eigenvalue weighted by Crippen LogP contribution is 2.14. The Kier molecular flexibility index (Phi) is 5.26. The van der Waals surface area contributed by atoms with E-state index in [-0.39, 0.29) is 31.5 Å². The second-order valence-electron chi connectivity index (χ2n) is 4.57. The molecule has 0 unspecified atom stereocenters. The minimum Gasteiger partial charge on any atom is -0.330 e. The van der Waals surface area contributed by atoms with Crippen LogP contribution in [0.3, 0.4) is 0 Å². The fourth-order valence-electron chi connectivity index (χ4n) is 1.80. The molecule has 23 heavy (non-hydrogen) atoms. The van der Waals surface area contributed by atoms with Gasteiger partial charge in [0.25, 0.3) is 11.8 Å². The minimum absolute atomic E-state index is 0.0148. The number of hydrogen-bond donors (Lipinski definition) is 1. The topological polar surface area (TPSA) is 119 Å². The summed E-state index contributed by atoms with van der Waals surface area (Å²) in [5, 5.41) is 0.927. The van der Waals surface area contributed by atoms with E-state index in [1.165, 1.54) is 12.1 Å². The molecule has 2 rings (SSSR count). The zero-order chi connectivity index (χ0) is 16.8. The molecule has 1 aliphatic heterocycles. The maximum absolute atomic E-state index is 12.0. The summed E-state index contributed by atoms with van der Waals surface area (Å²) >= 11 is 0. The van der Waals surface area contributed by atoms with Gasteiger partial charge in [0.1, 0.15) is 0 Å². The van der Waals surface area contributed by atoms with Crippen LogP contribution in [0.15, 0.2) is 30.3 Å². The molecule has 1 aliphatic rings. The zero-order valence-corrected chi connectivity index (χ0v) is 12.1. The Morgan fingerprint density at radius 3 is 2.30 bits per heavy atom. The van der Waals surface area contributed by atoms with Crippen molar-refractivity contribution in [2.45, 2.75) is 12.8 Å². The van der Waals surface area contributed by atoms with Gasteiger partial charge in [0.05, 0.1) is 12.1 Å². The van der Waals surface area contributed by atoms with Gasteiger partial charge < -0.3 is 15.4 Å². The summed E-state index contributed by atoms with van der Waals surface area (Å²) in [5.74, 6) is -2.06. The van der Waals surface area contributed by atoms with Crippen LogP contribution in [-0.2, 0) is 19.3 Å². The van der Waals surface area contributed by atoms with Gasteiger partial charge in [-0.3, -0.25) is 9.59 Å². The lowest BCUT2D eigenvalue weighted by Crippen LogP contribution is -2.42. The Labute approximate surface area is 131 Å². The molecule has 2 N–H and O–H groups in total. The summed E-state index contributed by atoms with van der Waals surface area (Å²) < 4.78 is 0. The van der Waals surface area contributed by atoms with Gasteiger partial charge in [-0.05, 0) is 12.1 Å². The third-order valence-corrected chi connectivity index (χ3v) is 2.91. The van der Waals surface area contributed by atoms with Gasteiger partial charge >= 0.3 is 12.1 Å². The van der Waals surface area contributed by atoms with Crippen LogP contribution in [0.25, 0.3) is 0 Å². The van der Waals surface area contributed by atoms with Crippen LogP contribution in [0.5, 0.6) is 0 Å². The van der Waals surface area contributed by atoms with Crippen LogP contribution >= 0.6 is 0 Å². The number of benzene rings is 1. The first-order valence-electron chi connectivity index (χ1n) is 6.85. The van der Waals surface area contributed by atoms with Gasteiger partial charge in [0, 0.05) is 19.4 Å². The quantitative estimate of drug-likeness (QED) is 0.622. The summed E-state index contributed by atoms with van der Waals surface area (Å²) in [4.78, 5) is 56.3. The van der Waals surface area contributed by atoms with Crippen molar-refractivity contribution in [1.29, 1.82) is 0 Å². The number of rotatable bonds is 4. The number of hydroxylamine groups is 4. The van der Waals surface area contributed by atoms with E-state index in [9.17, 15) is 19.2 Å². The van der Waals surface area contributed by atoms with Gasteiger partial charge in [-0.25, -0.2) is 9.59 Å². The molecule has 0 radical (unpaired) electrons. The van der Waals surface area contributed by atoms with Crippen LogP contribution in [0.1, 0.15) is 23.2 Å². The summed E-state index contributed by atoms with van der Waals surface area (Å²) in [5.41, 5.74) is 5.57. The maximum atomic E-state index is 12.0. The monoisotopic (exact) mass is 321 g/mol. The number of amides is 3. The SMILES string of the molecule is NCCN(OC(=O)c1ccccc1)C(=O)ON1C(=O)CCC1=O. The molecule has 1 fully saturated rings. The Hall–Kier alpha value is -2.94. The van der Waals surface area contributed by atoms with E-state index in [0.29, 0.717) is 10.1 Å². The number of hydrogen-bond acceptors (Lipinski definition) is 7. The molecule has 1 aromatic carbocycles. The molecule has 0 saturated carbocycles. The van der Waals surface area contributed by atoms with Crippen molar-refractivity contribution in [2.75, 3.05) is 13.1 Å². The van der Waals surface area contributed by atoms with Crippen molar-refractivity contribution in [1.82, 2.24) is 10.1 Å². The molecule has 0 atom stereocenters. The van der Waals surface area contributed by atoms with Crippen molar-refractivity contribution in [3.8, 4) is 0 Å². The van der Waals surface area contributed by atoms with Gasteiger partial charge in [-0.1, -0.05) is 18.2 Å². The second kappa shape index (κ2) is 7.36. The summed E-state index contributed by atoms with van der Waals surface area (Å²) in [6.07, 6.45) is -1.25. The molecule has 122 valence electrons. The first-order valence-corrected chi connectivity index (χ1v) is 6.85. The Bertz CT molecular complexity index is 602. The molecule has 3 amide bonds. The highest BCUT2D eigenvalue weighted by molar-refractivity contribution is 6.01. The molecule has 0 bridgehead atoms. The third-order valence-electron chi connectivity index (χ3n) is 2.91. The molecule has 1 heterocycles. The highest BCUT2D eigenvalue weighted by atomic mass is 16.8. The minimum atomic E-state index is -1.18. The van der Waals surface area contributed by atoms with E-state index < -0.39 is 23.9 Å². The van der Waals surface area contributed by atoms with E-state index in [2.05, 4.69) is 4.84 Å². The third kappa shape index (κ3) is 4.04. The first-order chi connectivity index (χ1) is 11.0. The molecule has 0 aliphatic carbocycles. The predicted molar refractivity (Wildman–Crippen MR) is 75.2 cm³/mol. The summed E-state index contributed by atoms with van der Waals surface area (Å²) in [7, 11) is 0. The number of nitrogens with zero attached hydrogens (tertiary/aromatic N) is 2. The lowest BCUT2D eigenvalue weighted by atomic mass is 10.2. The van der Waals surface area contributed by atoms with Gasteiger partial charge in [-0.15, -0.1) is 10.1 Å². The summed E-state index contributed by atoms with van der Waals surface area (Å²) in [6, 6.07) is 7.98. The van der Waals surface area contributed by atoms with Gasteiger partial charge in [0.2, 0.25) is 0 Å². The molecule has 1 aromatic rings. The van der Waals surface area contributed by atoms with E-state index in [1.54, 1.807) is 18.2 Å². The molecule has 9 heteroatoms. The van der Waals surface area contributed by atoms with Crippen molar-refractivity contribution in [3.63, 3.8) is 0 Å². The average Bonchev–Trinajstić information content (AvgIpc) is 2.87. The number of carbonyl (C=O) groups excluding carboxylic acids is 4. The Morgan fingerprint density at radius 1 is 1.13 bits per heavy atom. The number of nitrogens with two attached hydrogens (primary N) is 1. The van der Waals surface area contributed by atoms with Crippen molar-refractivity contribution >= 4 is 23.9 Å². The van der Waals surface area contributed by atoms with Crippen LogP contribution in [0.4, 0.5) is 4.79 Å². The molecule has 1 saturated heterocycles. The van der Waals surface area contributed by atoms with E-state index in [1.807, 2.05) is 0 Å². The van der Waals surface area contributed by atoms with Crippen LogP contribution < -0.4 is 5.73 Å². The van der Waals surface area contributed by atoms with Crippen LogP contribution in [0, 0.1) is 0 Å². The van der Waals surface area contributed by atoms with Gasteiger partial charge in [0.15, 0.2) is 0 Å². The molecule has 0 aromatic heterocycles. The fraction of sp³-hybridized carbons (Fsp3) is 0.286. The second-order valence-corrected chi connectivity index (χ2v) is 4.57. The predicted octanol–water partition coefficient (Wildman–Crippen LogP) is 0.220. The largest absolute Gasteiger partial charge is 0.468 e. The maximum Gasteiger partial charge on any atom is 0.468 e. The van der Waals surface area contributed by atoms with E-state index >= 15 is 0 Å². The van der Waals surface area contributed by atoms with Crippen LogP contribution in [-0.4, -0.2) is 47.1 Å². The Morgan fingerprint density at radius 2 is 1.74 bits per heavy atom. The van der Waals surface area contributed by atoms with Crippen molar-refractivity contribution in [2.24, 2.45) is 5.73 Å².